The number of likely N-dealkylation sites (N-methyl/N-ethyl adjacent to an activating group) is 1. The van der Waals surface area contributed by atoms with Crippen LogP contribution in [0.3, 0.4) is 0 Å². The summed E-state index contributed by atoms with van der Waals surface area (Å²) in [5.74, 6) is 0. The van der Waals surface area contributed by atoms with Crippen molar-refractivity contribution in [1.82, 2.24) is 14.6 Å². The Hall–Kier alpha value is -1.36. The number of hydrogen-bond acceptors (Lipinski definition) is 3. The third-order valence-electron chi connectivity index (χ3n) is 6.24. The van der Waals surface area contributed by atoms with Gasteiger partial charge in [-0.2, -0.15) is 5.06 Å². The molecule has 1 aromatic carbocycles. The maximum atomic E-state index is 6.34. The second kappa shape index (κ2) is 11.1. The number of hydroxylamine groups is 2. The largest absolute Gasteiger partial charge is 0.335 e. The van der Waals surface area contributed by atoms with Crippen molar-refractivity contribution < 1.29 is 4.84 Å². The lowest BCUT2D eigenvalue weighted by atomic mass is 9.84. The van der Waals surface area contributed by atoms with Crippen LogP contribution in [0.2, 0.25) is 5.02 Å². The molecule has 1 aliphatic heterocycles. The lowest BCUT2D eigenvalue weighted by Gasteiger charge is -2.35. The second-order valence-electron chi connectivity index (χ2n) is 8.47. The average Bonchev–Trinajstić information content (AvgIpc) is 3.33. The van der Waals surface area contributed by atoms with Crippen molar-refractivity contribution in [2.45, 2.75) is 89.3 Å². The van der Waals surface area contributed by atoms with Gasteiger partial charge < -0.3 is 4.57 Å². The van der Waals surface area contributed by atoms with Gasteiger partial charge >= 0.3 is 0 Å². The highest BCUT2D eigenvalue weighted by atomic mass is 35.5. The van der Waals surface area contributed by atoms with Crippen LogP contribution >= 0.6 is 11.6 Å². The number of rotatable bonds is 12. The van der Waals surface area contributed by atoms with E-state index in [1.165, 1.54) is 56.9 Å². The molecule has 0 bridgehead atoms. The molecule has 0 amide bonds. The number of nitrogens with zero attached hydrogens (tertiary/aromatic N) is 3. The highest BCUT2D eigenvalue weighted by Gasteiger charge is 2.46. The van der Waals surface area contributed by atoms with E-state index >= 15 is 0 Å². The monoisotopic (exact) mass is 417 g/mol. The van der Waals surface area contributed by atoms with Crippen LogP contribution < -0.4 is 0 Å². The molecule has 1 aromatic heterocycles. The Balaban J connectivity index is 1.57. The van der Waals surface area contributed by atoms with Gasteiger partial charge in [-0.05, 0) is 24.1 Å². The van der Waals surface area contributed by atoms with E-state index in [1.54, 1.807) is 0 Å². The quantitative estimate of drug-likeness (QED) is 0.364. The molecular formula is C24H36ClN3O. The van der Waals surface area contributed by atoms with Gasteiger partial charge in [-0.15, -0.1) is 0 Å². The highest BCUT2D eigenvalue weighted by Crippen LogP contribution is 2.42. The molecule has 0 aliphatic carbocycles. The molecule has 0 N–H and O–H groups in total. The van der Waals surface area contributed by atoms with Crippen LogP contribution in [0.15, 0.2) is 43.0 Å². The Morgan fingerprint density at radius 3 is 2.41 bits per heavy atom. The summed E-state index contributed by atoms with van der Waals surface area (Å²) >= 11 is 6.15. The summed E-state index contributed by atoms with van der Waals surface area (Å²) in [5, 5.41) is 2.84. The fraction of sp³-hybridized carbons (Fsp3) is 0.625. The minimum Gasteiger partial charge on any atom is -0.335 e. The van der Waals surface area contributed by atoms with Crippen molar-refractivity contribution in [3.63, 3.8) is 0 Å². The van der Waals surface area contributed by atoms with E-state index in [0.29, 0.717) is 0 Å². The zero-order chi connectivity index (χ0) is 20.5. The SMILES string of the molecule is CCCCCCCCCCC1CC(Cn2ccnc2)(c2ccc(Cl)cc2)N(C)O1. The van der Waals surface area contributed by atoms with Crippen LogP contribution in [0.4, 0.5) is 0 Å². The van der Waals surface area contributed by atoms with Gasteiger partial charge in [0.15, 0.2) is 0 Å². The number of benzene rings is 1. The Bertz CT molecular complexity index is 703. The first-order valence-corrected chi connectivity index (χ1v) is 11.6. The summed E-state index contributed by atoms with van der Waals surface area (Å²) in [5.41, 5.74) is 1.05. The molecule has 0 saturated carbocycles. The van der Waals surface area contributed by atoms with Crippen LogP contribution in [0.5, 0.6) is 0 Å². The lowest BCUT2D eigenvalue weighted by molar-refractivity contribution is -0.176. The predicted molar refractivity (Wildman–Crippen MR) is 120 cm³/mol. The summed E-state index contributed by atoms with van der Waals surface area (Å²) < 4.78 is 2.15. The Morgan fingerprint density at radius 2 is 1.76 bits per heavy atom. The number of unbranched alkanes of at least 4 members (excludes halogenated alkanes) is 7. The van der Waals surface area contributed by atoms with Crippen LogP contribution in [0, 0.1) is 0 Å². The maximum Gasteiger partial charge on any atom is 0.0946 e. The smallest absolute Gasteiger partial charge is 0.0946 e. The Labute approximate surface area is 181 Å². The van der Waals surface area contributed by atoms with E-state index < -0.39 is 0 Å². The lowest BCUT2D eigenvalue weighted by Crippen LogP contribution is -2.41. The van der Waals surface area contributed by atoms with E-state index in [9.17, 15) is 0 Å². The molecule has 1 aliphatic rings. The summed E-state index contributed by atoms with van der Waals surface area (Å²) in [7, 11) is 2.07. The van der Waals surface area contributed by atoms with E-state index in [0.717, 1.165) is 24.4 Å². The van der Waals surface area contributed by atoms with Crippen LogP contribution in [-0.4, -0.2) is 27.8 Å². The minimum absolute atomic E-state index is 0.198. The maximum absolute atomic E-state index is 6.34. The standard InChI is InChI=1S/C24H36ClN3O/c1-3-4-5-6-7-8-9-10-11-23-18-24(27(2)29-23,19-28-17-16-26-20-28)21-12-14-22(25)15-13-21/h12-17,20,23H,3-11,18-19H2,1-2H3. The molecule has 29 heavy (non-hydrogen) atoms. The zero-order valence-corrected chi connectivity index (χ0v) is 18.8. The van der Waals surface area contributed by atoms with Crippen molar-refractivity contribution in [1.29, 1.82) is 0 Å². The number of imidazole rings is 1. The van der Waals surface area contributed by atoms with Gasteiger partial charge in [0.2, 0.25) is 0 Å². The molecule has 2 aromatic rings. The minimum atomic E-state index is -0.198. The van der Waals surface area contributed by atoms with Gasteiger partial charge in [-0.3, -0.25) is 4.84 Å². The van der Waals surface area contributed by atoms with Crippen LogP contribution in [0.1, 0.15) is 76.7 Å². The first-order valence-electron chi connectivity index (χ1n) is 11.3. The average molecular weight is 418 g/mol. The topological polar surface area (TPSA) is 30.3 Å². The summed E-state index contributed by atoms with van der Waals surface area (Å²) in [6, 6.07) is 8.23. The number of hydrogen-bond donors (Lipinski definition) is 0. The fourth-order valence-electron chi connectivity index (χ4n) is 4.53. The summed E-state index contributed by atoms with van der Waals surface area (Å²) in [6.07, 6.45) is 18.9. The normalized spacial score (nSPS) is 22.4. The Morgan fingerprint density at radius 1 is 1.07 bits per heavy atom. The molecule has 1 saturated heterocycles. The van der Waals surface area contributed by atoms with E-state index in [2.05, 4.69) is 40.7 Å². The molecule has 160 valence electrons. The number of halogens is 1. The molecule has 0 spiro atoms. The van der Waals surface area contributed by atoms with E-state index in [4.69, 9.17) is 16.4 Å². The van der Waals surface area contributed by atoms with Crippen molar-refractivity contribution in [3.05, 3.63) is 53.6 Å². The predicted octanol–water partition coefficient (Wildman–Crippen LogP) is 6.60. The van der Waals surface area contributed by atoms with E-state index in [-0.39, 0.29) is 11.6 Å². The third kappa shape index (κ3) is 6.07. The van der Waals surface area contributed by atoms with Gasteiger partial charge in [0.1, 0.15) is 0 Å². The molecule has 2 atom stereocenters. The fourth-order valence-corrected chi connectivity index (χ4v) is 4.65. The first kappa shape index (κ1) is 22.3. The highest BCUT2D eigenvalue weighted by molar-refractivity contribution is 6.30. The molecule has 2 unspecified atom stereocenters. The van der Waals surface area contributed by atoms with Gasteiger partial charge in [-0.1, -0.05) is 82.0 Å². The van der Waals surface area contributed by atoms with Crippen LogP contribution in [0.25, 0.3) is 0 Å². The number of aromatic nitrogens is 2. The first-order chi connectivity index (χ1) is 14.1. The van der Waals surface area contributed by atoms with Gasteiger partial charge in [0.25, 0.3) is 0 Å². The van der Waals surface area contributed by atoms with Gasteiger partial charge in [-0.25, -0.2) is 4.98 Å². The van der Waals surface area contributed by atoms with E-state index in [1.807, 2.05) is 30.9 Å². The molecule has 0 radical (unpaired) electrons. The molecule has 4 nitrogen and oxygen atoms in total. The Kier molecular flexibility index (Phi) is 8.58. The van der Waals surface area contributed by atoms with Gasteiger partial charge in [0.05, 0.1) is 18.0 Å². The summed E-state index contributed by atoms with van der Waals surface area (Å²) in [6.45, 7) is 3.09. The molecular weight excluding hydrogens is 382 g/mol. The van der Waals surface area contributed by atoms with Crippen LogP contribution in [-0.2, 0) is 16.9 Å². The molecule has 5 heteroatoms. The van der Waals surface area contributed by atoms with Crippen molar-refractivity contribution >= 4 is 11.6 Å². The molecule has 1 fully saturated rings. The zero-order valence-electron chi connectivity index (χ0n) is 18.0. The van der Waals surface area contributed by atoms with Crippen molar-refractivity contribution in [2.24, 2.45) is 0 Å². The van der Waals surface area contributed by atoms with Crippen molar-refractivity contribution in [3.8, 4) is 0 Å². The van der Waals surface area contributed by atoms with Crippen molar-refractivity contribution in [2.75, 3.05) is 7.05 Å². The third-order valence-corrected chi connectivity index (χ3v) is 6.49. The van der Waals surface area contributed by atoms with Gasteiger partial charge in [0, 0.05) is 37.4 Å². The molecule has 3 rings (SSSR count). The molecule has 2 heterocycles. The summed E-state index contributed by atoms with van der Waals surface area (Å²) in [4.78, 5) is 10.6. The second-order valence-corrected chi connectivity index (χ2v) is 8.90.